The summed E-state index contributed by atoms with van der Waals surface area (Å²) in [5, 5.41) is 0.0360. The number of carbonyl (C=O) groups excluding carboxylic acids is 1. The fourth-order valence-corrected chi connectivity index (χ4v) is 2.38. The van der Waals surface area contributed by atoms with Crippen molar-refractivity contribution in [3.63, 3.8) is 0 Å². The Morgan fingerprint density at radius 3 is 1.33 bits per heavy atom. The quantitative estimate of drug-likeness (QED) is 0.242. The summed E-state index contributed by atoms with van der Waals surface area (Å²) in [5.74, 6) is 0. The Labute approximate surface area is 120 Å². The molecule has 0 aromatic heterocycles. The van der Waals surface area contributed by atoms with E-state index in [2.05, 4.69) is 19.6 Å². The second-order valence-corrected chi connectivity index (χ2v) is 5.74. The lowest BCUT2D eigenvalue weighted by atomic mass is 10.0. The first-order chi connectivity index (χ1) is 8.77. The van der Waals surface area contributed by atoms with Crippen LogP contribution < -0.4 is 0 Å². The average molecular weight is 271 g/mol. The highest BCUT2D eigenvalue weighted by molar-refractivity contribution is 7.96. The molecule has 0 saturated heterocycles. The number of rotatable bonds is 14. The molecule has 0 fully saturated rings. The van der Waals surface area contributed by atoms with Crippen LogP contribution in [-0.4, -0.2) is 5.12 Å². The van der Waals surface area contributed by atoms with Gasteiger partial charge in [-0.2, -0.15) is 6.42 Å². The van der Waals surface area contributed by atoms with Crippen molar-refractivity contribution in [1.82, 2.24) is 0 Å². The number of carbonyl (C=O) groups is 1. The molecule has 108 valence electrons. The molecule has 0 saturated carbocycles. The third-order valence-electron chi connectivity index (χ3n) is 3.39. The standard InChI is InChI=1S/C16H31OS/c1-2-3-4-5-6-7-8-9-10-11-12-13-14-15-16(17)18/h1-15H2,(H,17,18)/q-1. The molecule has 0 aromatic rings. The van der Waals surface area contributed by atoms with E-state index in [0.29, 0.717) is 6.42 Å². The molecule has 0 atom stereocenters. The van der Waals surface area contributed by atoms with Gasteiger partial charge in [0.2, 0.25) is 0 Å². The second-order valence-electron chi connectivity index (χ2n) is 5.24. The molecule has 0 rings (SSSR count). The van der Waals surface area contributed by atoms with Crippen LogP contribution in [0.2, 0.25) is 0 Å². The summed E-state index contributed by atoms with van der Waals surface area (Å²) in [6, 6.07) is 0. The van der Waals surface area contributed by atoms with Crippen molar-refractivity contribution in [3.8, 4) is 0 Å². The number of thiol groups is 1. The minimum atomic E-state index is 0.0360. The van der Waals surface area contributed by atoms with Gasteiger partial charge in [-0.25, -0.2) is 0 Å². The zero-order valence-electron chi connectivity index (χ0n) is 12.0. The zero-order chi connectivity index (χ0) is 13.5. The molecule has 0 N–H and O–H groups in total. The third-order valence-corrected chi connectivity index (χ3v) is 3.61. The Balaban J connectivity index is 2.92. The van der Waals surface area contributed by atoms with Gasteiger partial charge in [-0.05, 0) is 6.42 Å². The van der Waals surface area contributed by atoms with Crippen LogP contribution in [0.3, 0.4) is 0 Å². The van der Waals surface area contributed by atoms with Crippen molar-refractivity contribution >= 4 is 17.7 Å². The van der Waals surface area contributed by atoms with E-state index in [4.69, 9.17) is 0 Å². The fourth-order valence-electron chi connectivity index (χ4n) is 2.22. The van der Waals surface area contributed by atoms with Crippen LogP contribution >= 0.6 is 12.6 Å². The normalized spacial score (nSPS) is 10.8. The molecular weight excluding hydrogens is 240 g/mol. The summed E-state index contributed by atoms with van der Waals surface area (Å²) in [6.45, 7) is 3.86. The summed E-state index contributed by atoms with van der Waals surface area (Å²) in [4.78, 5) is 10.6. The van der Waals surface area contributed by atoms with Gasteiger partial charge in [0.05, 0.1) is 0 Å². The molecule has 0 amide bonds. The lowest BCUT2D eigenvalue weighted by Crippen LogP contribution is -1.86. The molecule has 0 aliphatic heterocycles. The monoisotopic (exact) mass is 271 g/mol. The maximum Gasteiger partial charge on any atom is 0.185 e. The molecule has 0 spiro atoms. The van der Waals surface area contributed by atoms with Gasteiger partial charge in [-0.1, -0.05) is 70.6 Å². The molecule has 2 heteroatoms. The predicted octanol–water partition coefficient (Wildman–Crippen LogP) is 5.74. The smallest absolute Gasteiger partial charge is 0.185 e. The lowest BCUT2D eigenvalue weighted by Gasteiger charge is -2.03. The average Bonchev–Trinajstić information content (AvgIpc) is 2.34. The van der Waals surface area contributed by atoms with Gasteiger partial charge in [0, 0.05) is 6.42 Å². The minimum absolute atomic E-state index is 0.0360. The van der Waals surface area contributed by atoms with Crippen LogP contribution in [0.1, 0.15) is 89.9 Å². The van der Waals surface area contributed by atoms with Crippen LogP contribution in [0, 0.1) is 6.92 Å². The molecule has 0 heterocycles. The number of hydrogen-bond acceptors (Lipinski definition) is 1. The summed E-state index contributed by atoms with van der Waals surface area (Å²) in [5.41, 5.74) is 0. The van der Waals surface area contributed by atoms with Gasteiger partial charge in [0.15, 0.2) is 5.12 Å². The molecular formula is C16H31OS-. The first-order valence-corrected chi connectivity index (χ1v) is 8.23. The van der Waals surface area contributed by atoms with Crippen LogP contribution in [0.25, 0.3) is 0 Å². The summed E-state index contributed by atoms with van der Waals surface area (Å²) in [6.07, 6.45) is 17.6. The van der Waals surface area contributed by atoms with Crippen molar-refractivity contribution in [1.29, 1.82) is 0 Å². The second kappa shape index (κ2) is 15.1. The Hall–Kier alpha value is 0.0200. The van der Waals surface area contributed by atoms with Crippen molar-refractivity contribution in [2.24, 2.45) is 0 Å². The Morgan fingerprint density at radius 2 is 1.00 bits per heavy atom. The first-order valence-electron chi connectivity index (χ1n) is 7.78. The Kier molecular flexibility index (Phi) is 15.1. The molecule has 0 aliphatic carbocycles. The van der Waals surface area contributed by atoms with Gasteiger partial charge >= 0.3 is 0 Å². The topological polar surface area (TPSA) is 17.1 Å². The molecule has 0 unspecified atom stereocenters. The van der Waals surface area contributed by atoms with Gasteiger partial charge in [0.1, 0.15) is 0 Å². The van der Waals surface area contributed by atoms with Crippen LogP contribution in [0.5, 0.6) is 0 Å². The number of hydrogen-bond donors (Lipinski definition) is 1. The summed E-state index contributed by atoms with van der Waals surface area (Å²) in [7, 11) is 0. The van der Waals surface area contributed by atoms with Gasteiger partial charge in [0.25, 0.3) is 0 Å². The van der Waals surface area contributed by atoms with E-state index in [0.717, 1.165) is 12.8 Å². The fraction of sp³-hybridized carbons (Fsp3) is 0.875. The van der Waals surface area contributed by atoms with Crippen molar-refractivity contribution < 1.29 is 4.79 Å². The zero-order valence-corrected chi connectivity index (χ0v) is 12.9. The SMILES string of the molecule is [CH2-]CCCCCCCCCCCCCCC(=O)S. The van der Waals surface area contributed by atoms with E-state index in [-0.39, 0.29) is 5.12 Å². The van der Waals surface area contributed by atoms with Crippen LogP contribution in [0.4, 0.5) is 0 Å². The van der Waals surface area contributed by atoms with Crippen LogP contribution in [0.15, 0.2) is 0 Å². The van der Waals surface area contributed by atoms with E-state index in [1.807, 2.05) is 0 Å². The van der Waals surface area contributed by atoms with Crippen molar-refractivity contribution in [2.45, 2.75) is 89.9 Å². The number of unbranched alkanes of at least 4 members (excludes halogenated alkanes) is 12. The lowest BCUT2D eigenvalue weighted by molar-refractivity contribution is -0.110. The van der Waals surface area contributed by atoms with Gasteiger partial charge < -0.3 is 6.92 Å². The van der Waals surface area contributed by atoms with Crippen molar-refractivity contribution in [2.75, 3.05) is 0 Å². The van der Waals surface area contributed by atoms with Gasteiger partial charge in [-0.3, -0.25) is 4.79 Å². The van der Waals surface area contributed by atoms with Gasteiger partial charge in [-0.15, -0.1) is 12.6 Å². The molecule has 0 radical (unpaired) electrons. The molecule has 18 heavy (non-hydrogen) atoms. The summed E-state index contributed by atoms with van der Waals surface area (Å²) >= 11 is 3.77. The Bertz CT molecular complexity index is 180. The maximum atomic E-state index is 10.6. The molecule has 0 bridgehead atoms. The molecule has 0 aromatic carbocycles. The minimum Gasteiger partial charge on any atom is -0.343 e. The first kappa shape index (κ1) is 18.0. The van der Waals surface area contributed by atoms with E-state index in [9.17, 15) is 4.79 Å². The Morgan fingerprint density at radius 1 is 0.667 bits per heavy atom. The predicted molar refractivity (Wildman–Crippen MR) is 84.0 cm³/mol. The highest BCUT2D eigenvalue weighted by atomic mass is 32.1. The summed E-state index contributed by atoms with van der Waals surface area (Å²) < 4.78 is 0. The van der Waals surface area contributed by atoms with E-state index in [1.54, 1.807) is 0 Å². The van der Waals surface area contributed by atoms with E-state index in [1.165, 1.54) is 70.6 Å². The molecule has 1 nitrogen and oxygen atoms in total. The van der Waals surface area contributed by atoms with Crippen LogP contribution in [-0.2, 0) is 4.79 Å². The van der Waals surface area contributed by atoms with E-state index < -0.39 is 0 Å². The third kappa shape index (κ3) is 16.0. The van der Waals surface area contributed by atoms with Crippen molar-refractivity contribution in [3.05, 3.63) is 6.92 Å². The largest absolute Gasteiger partial charge is 0.343 e. The highest BCUT2D eigenvalue weighted by Crippen LogP contribution is 2.13. The molecule has 0 aliphatic rings. The van der Waals surface area contributed by atoms with E-state index >= 15 is 0 Å². The highest BCUT2D eigenvalue weighted by Gasteiger charge is 1.95. The maximum absolute atomic E-state index is 10.6.